The monoisotopic (exact) mass is 324 g/mol. The van der Waals surface area contributed by atoms with Crippen molar-refractivity contribution >= 4 is 38.5 Å². The Morgan fingerprint density at radius 3 is 2.45 bits per heavy atom. The number of hydrogen-bond donors (Lipinski definition) is 0. The summed E-state index contributed by atoms with van der Waals surface area (Å²) in [6, 6.07) is 6.50. The van der Waals surface area contributed by atoms with E-state index in [1.807, 2.05) is 0 Å². The van der Waals surface area contributed by atoms with E-state index in [9.17, 15) is 0 Å². The third-order valence-electron chi connectivity index (χ3n) is 1.61. The first-order chi connectivity index (χ1) is 5.11. The second kappa shape index (κ2) is 3.90. The Labute approximate surface area is 89.7 Å². The van der Waals surface area contributed by atoms with E-state index >= 15 is 0 Å². The van der Waals surface area contributed by atoms with Gasteiger partial charge in [-0.1, -0.05) is 19.9 Å². The molecule has 0 spiro atoms. The molecule has 60 valence electrons. The summed E-state index contributed by atoms with van der Waals surface area (Å²) in [7, 11) is 0. The van der Waals surface area contributed by atoms with Crippen molar-refractivity contribution in [3.63, 3.8) is 0 Å². The van der Waals surface area contributed by atoms with Gasteiger partial charge < -0.3 is 0 Å². The molecule has 2 heteroatoms. The fourth-order valence-electron chi connectivity index (χ4n) is 0.871. The van der Waals surface area contributed by atoms with Crippen LogP contribution in [-0.2, 0) is 0 Å². The third-order valence-corrected chi connectivity index (χ3v) is 3.95. The average Bonchev–Trinajstić information content (AvgIpc) is 1.94. The molecule has 0 N–H and O–H groups in total. The molecule has 1 rings (SSSR count). The number of hydrogen-bond acceptors (Lipinski definition) is 0. The minimum absolute atomic E-state index is 0.614. The summed E-state index contributed by atoms with van der Waals surface area (Å²) in [5, 5.41) is 0. The van der Waals surface area contributed by atoms with Gasteiger partial charge in [0.25, 0.3) is 0 Å². The van der Waals surface area contributed by atoms with E-state index in [0.29, 0.717) is 5.92 Å². The standard InChI is InChI=1S/C9H10BrI/c1-6(2)7-3-4-9(11)8(10)5-7/h3-6H,1-2H3. The Kier molecular flexibility index (Phi) is 3.37. The molecule has 0 aliphatic heterocycles. The summed E-state index contributed by atoms with van der Waals surface area (Å²) >= 11 is 5.82. The van der Waals surface area contributed by atoms with Crippen LogP contribution in [0.4, 0.5) is 0 Å². The zero-order valence-corrected chi connectivity index (χ0v) is 10.3. The van der Waals surface area contributed by atoms with Crippen LogP contribution in [0.3, 0.4) is 0 Å². The van der Waals surface area contributed by atoms with Crippen LogP contribution in [0.5, 0.6) is 0 Å². The molecule has 0 fully saturated rings. The highest BCUT2D eigenvalue weighted by atomic mass is 127. The summed E-state index contributed by atoms with van der Waals surface area (Å²) in [6.07, 6.45) is 0. The van der Waals surface area contributed by atoms with Gasteiger partial charge >= 0.3 is 0 Å². The summed E-state index contributed by atoms with van der Waals surface area (Å²) < 4.78 is 2.47. The highest BCUT2D eigenvalue weighted by Crippen LogP contribution is 2.23. The molecule has 0 aromatic heterocycles. The molecular weight excluding hydrogens is 315 g/mol. The van der Waals surface area contributed by atoms with Gasteiger partial charge in [-0.25, -0.2) is 0 Å². The fourth-order valence-corrected chi connectivity index (χ4v) is 1.60. The number of halogens is 2. The van der Waals surface area contributed by atoms with Crippen molar-refractivity contribution in [3.05, 3.63) is 31.8 Å². The second-order valence-corrected chi connectivity index (χ2v) is 4.84. The van der Waals surface area contributed by atoms with Crippen molar-refractivity contribution < 1.29 is 0 Å². The van der Waals surface area contributed by atoms with Gasteiger partial charge in [0.1, 0.15) is 0 Å². The van der Waals surface area contributed by atoms with Gasteiger partial charge in [-0.05, 0) is 62.1 Å². The maximum absolute atomic E-state index is 3.51. The van der Waals surface area contributed by atoms with E-state index in [4.69, 9.17) is 0 Å². The Bertz CT molecular complexity index is 256. The molecule has 0 amide bonds. The number of benzene rings is 1. The molecular formula is C9H10BrI. The van der Waals surface area contributed by atoms with Crippen molar-refractivity contribution in [1.82, 2.24) is 0 Å². The molecule has 0 atom stereocenters. The Hall–Kier alpha value is 0.430. The molecule has 0 saturated carbocycles. The van der Waals surface area contributed by atoms with E-state index in [2.05, 4.69) is 70.6 Å². The normalized spacial score (nSPS) is 10.6. The van der Waals surface area contributed by atoms with Crippen LogP contribution in [0, 0.1) is 3.57 Å². The molecule has 0 bridgehead atoms. The van der Waals surface area contributed by atoms with Crippen LogP contribution in [0.1, 0.15) is 25.3 Å². The quantitative estimate of drug-likeness (QED) is 0.680. The maximum Gasteiger partial charge on any atom is 0.0311 e. The van der Waals surface area contributed by atoms with Crippen LogP contribution in [0.25, 0.3) is 0 Å². The van der Waals surface area contributed by atoms with E-state index < -0.39 is 0 Å². The Balaban J connectivity index is 3.05. The minimum atomic E-state index is 0.614. The van der Waals surface area contributed by atoms with Crippen molar-refractivity contribution in [1.29, 1.82) is 0 Å². The van der Waals surface area contributed by atoms with Crippen LogP contribution in [0.2, 0.25) is 0 Å². The molecule has 0 unspecified atom stereocenters. The maximum atomic E-state index is 3.51. The molecule has 0 heterocycles. The summed E-state index contributed by atoms with van der Waals surface area (Å²) in [5.41, 5.74) is 1.39. The lowest BCUT2D eigenvalue weighted by molar-refractivity contribution is 0.865. The van der Waals surface area contributed by atoms with Crippen LogP contribution >= 0.6 is 38.5 Å². The van der Waals surface area contributed by atoms with Gasteiger partial charge in [0.15, 0.2) is 0 Å². The Morgan fingerprint density at radius 1 is 1.36 bits per heavy atom. The lowest BCUT2D eigenvalue weighted by Gasteiger charge is -2.05. The van der Waals surface area contributed by atoms with Gasteiger partial charge in [-0.3, -0.25) is 0 Å². The Morgan fingerprint density at radius 2 is 2.00 bits per heavy atom. The molecule has 0 aliphatic carbocycles. The molecule has 0 saturated heterocycles. The summed E-state index contributed by atoms with van der Waals surface area (Å²) in [5.74, 6) is 0.614. The minimum Gasteiger partial charge on any atom is -0.0587 e. The average molecular weight is 325 g/mol. The van der Waals surface area contributed by atoms with Crippen molar-refractivity contribution in [2.45, 2.75) is 19.8 Å². The second-order valence-electron chi connectivity index (χ2n) is 2.83. The smallest absolute Gasteiger partial charge is 0.0311 e. The first-order valence-corrected chi connectivity index (χ1v) is 5.43. The molecule has 0 nitrogen and oxygen atoms in total. The van der Waals surface area contributed by atoms with Gasteiger partial charge in [0.2, 0.25) is 0 Å². The van der Waals surface area contributed by atoms with Gasteiger partial charge in [-0.2, -0.15) is 0 Å². The largest absolute Gasteiger partial charge is 0.0587 e. The van der Waals surface area contributed by atoms with E-state index in [1.165, 1.54) is 13.6 Å². The zero-order valence-electron chi connectivity index (χ0n) is 6.57. The molecule has 0 radical (unpaired) electrons. The summed E-state index contributed by atoms with van der Waals surface area (Å²) in [4.78, 5) is 0. The van der Waals surface area contributed by atoms with Crippen molar-refractivity contribution in [2.24, 2.45) is 0 Å². The lowest BCUT2D eigenvalue weighted by atomic mass is 10.0. The molecule has 1 aromatic rings. The third kappa shape index (κ3) is 2.44. The van der Waals surface area contributed by atoms with Gasteiger partial charge in [0, 0.05) is 8.04 Å². The number of rotatable bonds is 1. The molecule has 11 heavy (non-hydrogen) atoms. The lowest BCUT2D eigenvalue weighted by Crippen LogP contribution is -1.87. The van der Waals surface area contributed by atoms with Crippen molar-refractivity contribution in [3.8, 4) is 0 Å². The first kappa shape index (κ1) is 9.52. The predicted molar refractivity (Wildman–Crippen MR) is 60.9 cm³/mol. The van der Waals surface area contributed by atoms with Crippen LogP contribution in [-0.4, -0.2) is 0 Å². The predicted octanol–water partition coefficient (Wildman–Crippen LogP) is 4.18. The van der Waals surface area contributed by atoms with Crippen molar-refractivity contribution in [2.75, 3.05) is 0 Å². The highest BCUT2D eigenvalue weighted by molar-refractivity contribution is 14.1. The van der Waals surface area contributed by atoms with Gasteiger partial charge in [-0.15, -0.1) is 0 Å². The SMILES string of the molecule is CC(C)c1ccc(I)c(Br)c1. The topological polar surface area (TPSA) is 0 Å². The fraction of sp³-hybridized carbons (Fsp3) is 0.333. The summed E-state index contributed by atoms with van der Waals surface area (Å²) in [6.45, 7) is 4.41. The van der Waals surface area contributed by atoms with Crippen LogP contribution in [0.15, 0.2) is 22.7 Å². The van der Waals surface area contributed by atoms with Crippen LogP contribution < -0.4 is 0 Å². The van der Waals surface area contributed by atoms with E-state index in [1.54, 1.807) is 0 Å². The van der Waals surface area contributed by atoms with E-state index in [0.717, 1.165) is 0 Å². The highest BCUT2D eigenvalue weighted by Gasteiger charge is 2.01. The zero-order chi connectivity index (χ0) is 8.43. The van der Waals surface area contributed by atoms with Gasteiger partial charge in [0.05, 0.1) is 0 Å². The van der Waals surface area contributed by atoms with E-state index in [-0.39, 0.29) is 0 Å². The first-order valence-electron chi connectivity index (χ1n) is 3.56. The molecule has 0 aliphatic rings. The molecule has 1 aromatic carbocycles.